The van der Waals surface area contributed by atoms with Crippen molar-refractivity contribution in [1.82, 2.24) is 10.4 Å². The highest BCUT2D eigenvalue weighted by Crippen LogP contribution is 2.27. The van der Waals surface area contributed by atoms with Gasteiger partial charge in [-0.2, -0.15) is 0 Å². The van der Waals surface area contributed by atoms with Gasteiger partial charge in [0.05, 0.1) is 23.8 Å². The number of allylic oxidation sites excluding steroid dienone is 2. The molecule has 0 radical (unpaired) electrons. The van der Waals surface area contributed by atoms with Gasteiger partial charge in [-0.05, 0) is 20.3 Å². The Morgan fingerprint density at radius 3 is 2.29 bits per heavy atom. The monoisotopic (exact) mass is 336 g/mol. The van der Waals surface area contributed by atoms with Crippen LogP contribution < -0.4 is 5.48 Å². The van der Waals surface area contributed by atoms with Crippen molar-refractivity contribution in [3.8, 4) is 0 Å². The van der Waals surface area contributed by atoms with Gasteiger partial charge in [-0.25, -0.2) is 0 Å². The third-order valence-electron chi connectivity index (χ3n) is 4.04. The lowest BCUT2D eigenvalue weighted by Gasteiger charge is -2.28. The van der Waals surface area contributed by atoms with E-state index in [9.17, 15) is 14.4 Å². The summed E-state index contributed by atoms with van der Waals surface area (Å²) in [7, 11) is 0. The summed E-state index contributed by atoms with van der Waals surface area (Å²) in [5, 5.41) is 0. The number of hydrogen-bond donors (Lipinski definition) is 1. The summed E-state index contributed by atoms with van der Waals surface area (Å²) in [5.41, 5.74) is 3.37. The fourth-order valence-electron chi connectivity index (χ4n) is 2.85. The minimum atomic E-state index is -0.550. The lowest BCUT2D eigenvalue weighted by molar-refractivity contribution is -0.141. The third-order valence-corrected chi connectivity index (χ3v) is 4.04. The van der Waals surface area contributed by atoms with Crippen LogP contribution in [0.25, 0.3) is 0 Å². The molecule has 6 heteroatoms. The zero-order chi connectivity index (χ0) is 18.1. The molecule has 1 aliphatic carbocycles. The third kappa shape index (κ3) is 5.03. The van der Waals surface area contributed by atoms with Crippen LogP contribution in [0.1, 0.15) is 46.5 Å². The van der Waals surface area contributed by atoms with Crippen molar-refractivity contribution in [2.45, 2.75) is 46.5 Å². The van der Waals surface area contributed by atoms with Crippen LogP contribution in [-0.4, -0.2) is 42.1 Å². The molecule has 0 aliphatic heterocycles. The summed E-state index contributed by atoms with van der Waals surface area (Å²) in [6.07, 6.45) is 3.04. The molecular formula is C18H28N2O4. The van der Waals surface area contributed by atoms with Crippen molar-refractivity contribution in [2.75, 3.05) is 19.7 Å². The van der Waals surface area contributed by atoms with Gasteiger partial charge in [-0.15, -0.1) is 6.58 Å². The van der Waals surface area contributed by atoms with Crippen LogP contribution in [0.2, 0.25) is 0 Å². The lowest BCUT2D eigenvalue weighted by Crippen LogP contribution is -2.41. The molecule has 1 rings (SSSR count). The maximum Gasteiger partial charge on any atom is 0.226 e. The van der Waals surface area contributed by atoms with Gasteiger partial charge in [0.2, 0.25) is 5.91 Å². The van der Waals surface area contributed by atoms with Crippen LogP contribution >= 0.6 is 0 Å². The Morgan fingerprint density at radius 1 is 1.25 bits per heavy atom. The molecule has 0 spiro atoms. The second-order valence-electron chi connectivity index (χ2n) is 5.77. The zero-order valence-electron chi connectivity index (χ0n) is 14.9. The van der Waals surface area contributed by atoms with E-state index < -0.39 is 5.92 Å². The molecule has 0 atom stereocenters. The average Bonchev–Trinajstić information content (AvgIpc) is 2.55. The highest BCUT2D eigenvalue weighted by molar-refractivity contribution is 6.23. The number of hydrogen-bond acceptors (Lipinski definition) is 5. The second-order valence-corrected chi connectivity index (χ2v) is 5.77. The van der Waals surface area contributed by atoms with E-state index in [0.29, 0.717) is 25.2 Å². The Hall–Kier alpha value is -1.95. The molecule has 6 nitrogen and oxygen atoms in total. The predicted octanol–water partition coefficient (Wildman–Crippen LogP) is 2.16. The average molecular weight is 336 g/mol. The Balaban J connectivity index is 2.95. The quantitative estimate of drug-likeness (QED) is 0.230. The van der Waals surface area contributed by atoms with Gasteiger partial charge in [0.1, 0.15) is 0 Å². The van der Waals surface area contributed by atoms with Crippen LogP contribution in [0.15, 0.2) is 23.9 Å². The summed E-state index contributed by atoms with van der Waals surface area (Å²) in [5.74, 6) is -1.23. The van der Waals surface area contributed by atoms with Gasteiger partial charge in [0.25, 0.3) is 0 Å². The molecule has 24 heavy (non-hydrogen) atoms. The molecular weight excluding hydrogens is 308 g/mol. The number of carbonyl (C=O) groups excluding carboxylic acids is 3. The van der Waals surface area contributed by atoms with E-state index >= 15 is 0 Å². The van der Waals surface area contributed by atoms with Gasteiger partial charge in [0, 0.05) is 25.9 Å². The Morgan fingerprint density at radius 2 is 1.83 bits per heavy atom. The van der Waals surface area contributed by atoms with Crippen LogP contribution in [0.5, 0.6) is 0 Å². The standard InChI is InChI=1S/C18H28N2O4/c1-5-9-14(19-24-10-6-2)17-15(21)11-13(12-16(17)22)18(23)20(7-3)8-4/h6,13,19H,2,5,7-12H2,1,3-4H3. The van der Waals surface area contributed by atoms with Crippen LogP contribution in [0.3, 0.4) is 0 Å². The zero-order valence-corrected chi connectivity index (χ0v) is 14.9. The molecule has 0 saturated heterocycles. The number of Topliss-reactive ketones (excluding diaryl/α,β-unsaturated/α-hetero) is 2. The summed E-state index contributed by atoms with van der Waals surface area (Å²) >= 11 is 0. The Labute approximate surface area is 143 Å². The number of hydroxylamine groups is 1. The van der Waals surface area contributed by atoms with E-state index in [1.165, 1.54) is 0 Å². The van der Waals surface area contributed by atoms with E-state index in [1.54, 1.807) is 11.0 Å². The molecule has 0 bridgehead atoms. The van der Waals surface area contributed by atoms with Crippen molar-refractivity contribution >= 4 is 17.5 Å². The van der Waals surface area contributed by atoms with Gasteiger partial charge in [0.15, 0.2) is 11.6 Å². The molecule has 1 aliphatic rings. The smallest absolute Gasteiger partial charge is 0.226 e. The second kappa shape index (κ2) is 10.0. The molecule has 0 aromatic heterocycles. The minimum absolute atomic E-state index is 0.0762. The van der Waals surface area contributed by atoms with Crippen LogP contribution in [0, 0.1) is 5.92 Å². The molecule has 1 saturated carbocycles. The first kappa shape index (κ1) is 20.1. The van der Waals surface area contributed by atoms with Crippen LogP contribution in [0.4, 0.5) is 0 Å². The number of rotatable bonds is 9. The normalized spacial score (nSPS) is 17.6. The van der Waals surface area contributed by atoms with Gasteiger partial charge in [-0.1, -0.05) is 19.4 Å². The van der Waals surface area contributed by atoms with Crippen molar-refractivity contribution < 1.29 is 19.2 Å². The summed E-state index contributed by atoms with van der Waals surface area (Å²) < 4.78 is 0. The van der Waals surface area contributed by atoms with Crippen molar-refractivity contribution in [3.05, 3.63) is 23.9 Å². The van der Waals surface area contributed by atoms with Crippen LogP contribution in [-0.2, 0) is 19.2 Å². The van der Waals surface area contributed by atoms with Crippen molar-refractivity contribution in [3.63, 3.8) is 0 Å². The topological polar surface area (TPSA) is 75.7 Å². The minimum Gasteiger partial charge on any atom is -0.343 e. The number of carbonyl (C=O) groups is 3. The fourth-order valence-corrected chi connectivity index (χ4v) is 2.85. The maximum atomic E-state index is 12.5. The number of amides is 1. The van der Waals surface area contributed by atoms with Gasteiger partial charge in [-0.3, -0.25) is 24.7 Å². The Bertz CT molecular complexity index is 501. The van der Waals surface area contributed by atoms with Gasteiger partial charge < -0.3 is 4.90 Å². The Kier molecular flexibility index (Phi) is 8.40. The molecule has 0 aromatic carbocycles. The largest absolute Gasteiger partial charge is 0.343 e. The first-order valence-corrected chi connectivity index (χ1v) is 8.56. The first-order valence-electron chi connectivity index (χ1n) is 8.56. The highest BCUT2D eigenvalue weighted by atomic mass is 16.6. The van der Waals surface area contributed by atoms with Crippen molar-refractivity contribution in [2.24, 2.45) is 5.92 Å². The summed E-state index contributed by atoms with van der Waals surface area (Å²) in [6.45, 7) is 10.7. The van der Waals surface area contributed by atoms with E-state index in [0.717, 1.165) is 6.42 Å². The maximum absolute atomic E-state index is 12.5. The van der Waals surface area contributed by atoms with Gasteiger partial charge >= 0.3 is 0 Å². The number of ketones is 2. The molecule has 134 valence electrons. The number of nitrogens with one attached hydrogen (secondary N) is 1. The SMILES string of the molecule is C=CCONC(CCC)=C1C(=O)CC(C(=O)N(CC)CC)CC1=O. The van der Waals surface area contributed by atoms with E-state index in [-0.39, 0.29) is 42.5 Å². The van der Waals surface area contributed by atoms with E-state index in [1.807, 2.05) is 20.8 Å². The molecule has 1 N–H and O–H groups in total. The fraction of sp³-hybridized carbons (Fsp3) is 0.611. The molecule has 0 heterocycles. The lowest BCUT2D eigenvalue weighted by atomic mass is 9.81. The number of nitrogens with zero attached hydrogens (tertiary/aromatic N) is 1. The molecule has 0 unspecified atom stereocenters. The van der Waals surface area contributed by atoms with Crippen molar-refractivity contribution in [1.29, 1.82) is 0 Å². The van der Waals surface area contributed by atoms with E-state index in [4.69, 9.17) is 4.84 Å². The highest BCUT2D eigenvalue weighted by Gasteiger charge is 2.37. The van der Waals surface area contributed by atoms with E-state index in [2.05, 4.69) is 12.1 Å². The molecule has 1 amide bonds. The summed E-state index contributed by atoms with van der Waals surface area (Å²) in [4.78, 5) is 44.3. The predicted molar refractivity (Wildman–Crippen MR) is 91.9 cm³/mol. The molecule has 1 fully saturated rings. The first-order chi connectivity index (χ1) is 11.5. The molecule has 0 aromatic rings. The summed E-state index contributed by atoms with van der Waals surface area (Å²) in [6, 6.07) is 0.